The first-order chi connectivity index (χ1) is 16.3. The van der Waals surface area contributed by atoms with Crippen molar-refractivity contribution >= 4 is 29.0 Å². The van der Waals surface area contributed by atoms with Gasteiger partial charge in [-0.3, -0.25) is 9.59 Å². The fourth-order valence-electron chi connectivity index (χ4n) is 4.47. The minimum absolute atomic E-state index is 0.0664. The van der Waals surface area contributed by atoms with Gasteiger partial charge in [0.15, 0.2) is 5.60 Å². The molecular formula is C24H23N5O5. The molecule has 0 radical (unpaired) electrons. The highest BCUT2D eigenvalue weighted by atomic mass is 16.6. The van der Waals surface area contributed by atoms with Gasteiger partial charge < -0.3 is 20.1 Å². The van der Waals surface area contributed by atoms with Gasteiger partial charge in [0.05, 0.1) is 41.3 Å². The number of amides is 1. The fraction of sp³-hybridized carbons (Fsp3) is 0.292. The Labute approximate surface area is 194 Å². The molecule has 5 rings (SSSR count). The number of cyclic esters (lactones) is 1. The second-order valence-corrected chi connectivity index (χ2v) is 8.50. The maximum atomic E-state index is 13.4. The number of hydrazone groups is 1. The van der Waals surface area contributed by atoms with E-state index in [4.69, 9.17) is 15.5 Å². The smallest absolute Gasteiger partial charge is 0.343 e. The molecule has 2 aliphatic heterocycles. The topological polar surface area (TPSA) is 149 Å². The highest BCUT2D eigenvalue weighted by Gasteiger charge is 2.45. The molecule has 10 heteroatoms. The lowest BCUT2D eigenvalue weighted by molar-refractivity contribution is -0.172. The van der Waals surface area contributed by atoms with Gasteiger partial charge in [0.2, 0.25) is 0 Å². The molecule has 2 atom stereocenters. The van der Waals surface area contributed by atoms with Crippen LogP contribution < -0.4 is 16.7 Å². The monoisotopic (exact) mass is 461 g/mol. The van der Waals surface area contributed by atoms with Gasteiger partial charge in [0.1, 0.15) is 6.61 Å². The molecule has 0 saturated heterocycles. The molecule has 1 aromatic carbocycles. The molecule has 34 heavy (non-hydrogen) atoms. The maximum Gasteiger partial charge on any atom is 0.343 e. The Morgan fingerprint density at radius 3 is 2.88 bits per heavy atom. The van der Waals surface area contributed by atoms with Crippen LogP contribution in [0.15, 0.2) is 40.2 Å². The number of aromatic nitrogens is 2. The quantitative estimate of drug-likeness (QED) is 0.232. The Kier molecular flexibility index (Phi) is 5.07. The molecule has 2 aromatic heterocycles. The summed E-state index contributed by atoms with van der Waals surface area (Å²) in [4.78, 5) is 42.4. The minimum Gasteiger partial charge on any atom is -0.458 e. The van der Waals surface area contributed by atoms with E-state index in [0.29, 0.717) is 22.5 Å². The molecule has 3 aromatic rings. The largest absolute Gasteiger partial charge is 0.458 e. The van der Waals surface area contributed by atoms with Crippen LogP contribution in [0.1, 0.15) is 42.5 Å². The zero-order chi connectivity index (χ0) is 24.2. The van der Waals surface area contributed by atoms with E-state index in [-0.39, 0.29) is 36.3 Å². The number of para-hydroxylation sites is 1. The highest BCUT2D eigenvalue weighted by molar-refractivity contribution is 6.02. The number of rotatable bonds is 4. The van der Waals surface area contributed by atoms with Crippen molar-refractivity contribution < 1.29 is 19.4 Å². The average molecular weight is 461 g/mol. The van der Waals surface area contributed by atoms with Crippen molar-refractivity contribution in [3.05, 3.63) is 62.9 Å². The van der Waals surface area contributed by atoms with Gasteiger partial charge in [-0.1, -0.05) is 25.1 Å². The van der Waals surface area contributed by atoms with E-state index in [2.05, 4.69) is 10.5 Å². The lowest BCUT2D eigenvalue weighted by Crippen LogP contribution is -2.44. The van der Waals surface area contributed by atoms with E-state index in [9.17, 15) is 19.5 Å². The second-order valence-electron chi connectivity index (χ2n) is 8.50. The summed E-state index contributed by atoms with van der Waals surface area (Å²) in [6.45, 7) is 3.24. The summed E-state index contributed by atoms with van der Waals surface area (Å²) in [5, 5.41) is 15.9. The molecule has 0 bridgehead atoms. The zero-order valence-electron chi connectivity index (χ0n) is 18.7. The van der Waals surface area contributed by atoms with Crippen molar-refractivity contribution in [1.82, 2.24) is 15.0 Å². The summed E-state index contributed by atoms with van der Waals surface area (Å²) < 4.78 is 6.68. The van der Waals surface area contributed by atoms with Crippen LogP contribution in [0.25, 0.3) is 22.3 Å². The van der Waals surface area contributed by atoms with Gasteiger partial charge in [-0.25, -0.2) is 15.2 Å². The molecule has 1 amide bonds. The van der Waals surface area contributed by atoms with Gasteiger partial charge >= 0.3 is 5.97 Å². The van der Waals surface area contributed by atoms with Crippen LogP contribution in [0.2, 0.25) is 0 Å². The van der Waals surface area contributed by atoms with E-state index in [1.54, 1.807) is 24.5 Å². The van der Waals surface area contributed by atoms with Gasteiger partial charge in [-0.05, 0) is 25.5 Å². The van der Waals surface area contributed by atoms with Crippen molar-refractivity contribution in [2.45, 2.75) is 45.1 Å². The number of carbonyl (C=O) groups excluding carboxylic acids is 2. The summed E-state index contributed by atoms with van der Waals surface area (Å²) in [7, 11) is 0. The Balaban J connectivity index is 1.72. The average Bonchev–Trinajstić information content (AvgIpc) is 3.20. The second kappa shape index (κ2) is 7.86. The SMILES string of the molecule is CC[C@@]1(O)C(=O)OCc2c1cc1n(c2=O)Cc2c-1nc1ccccc1c2/C=N\NC(=O)C(C)N. The number of nitrogens with zero attached hydrogens (tertiary/aromatic N) is 3. The summed E-state index contributed by atoms with van der Waals surface area (Å²) in [5.41, 5.74) is 9.43. The molecule has 4 heterocycles. The summed E-state index contributed by atoms with van der Waals surface area (Å²) in [6, 6.07) is 8.39. The molecule has 0 spiro atoms. The number of fused-ring (bicyclic) bond motifs is 5. The predicted octanol–water partition coefficient (Wildman–Crippen LogP) is 0.877. The first-order valence-corrected chi connectivity index (χ1v) is 10.9. The van der Waals surface area contributed by atoms with Crippen LogP contribution in [0.3, 0.4) is 0 Å². The highest BCUT2D eigenvalue weighted by Crippen LogP contribution is 2.39. The number of nitrogens with two attached hydrogens (primary N) is 1. The molecule has 0 aliphatic carbocycles. The molecular weight excluding hydrogens is 438 g/mol. The zero-order valence-corrected chi connectivity index (χ0v) is 18.7. The third kappa shape index (κ3) is 3.14. The number of hydrogen-bond acceptors (Lipinski definition) is 8. The van der Waals surface area contributed by atoms with Gasteiger partial charge in [-0.2, -0.15) is 5.10 Å². The number of pyridine rings is 2. The first-order valence-electron chi connectivity index (χ1n) is 10.9. The summed E-state index contributed by atoms with van der Waals surface area (Å²) >= 11 is 0. The molecule has 2 aliphatic rings. The Bertz CT molecular complexity index is 1460. The van der Waals surface area contributed by atoms with Crippen molar-refractivity contribution in [3.8, 4) is 11.4 Å². The Hall–Kier alpha value is -3.89. The van der Waals surface area contributed by atoms with Crippen LogP contribution in [0.4, 0.5) is 0 Å². The molecule has 174 valence electrons. The maximum absolute atomic E-state index is 13.4. The van der Waals surface area contributed by atoms with Crippen LogP contribution in [0.5, 0.6) is 0 Å². The minimum atomic E-state index is -1.89. The molecule has 0 fully saturated rings. The molecule has 1 unspecified atom stereocenters. The standard InChI is InChI=1S/C24H23N5O5/c1-3-24(33)17-8-19-20-15(10-29(19)22(31)16(17)11-34-23(24)32)14(9-26-28-21(30)12(2)25)13-6-4-5-7-18(13)27-20/h4-9,12,33H,3,10-11,25H2,1-2H3,(H,28,30)/b26-9-/t12?,24-/m0/s1. The van der Waals surface area contributed by atoms with Crippen molar-refractivity contribution in [3.63, 3.8) is 0 Å². The van der Waals surface area contributed by atoms with Crippen molar-refractivity contribution in [2.75, 3.05) is 0 Å². The number of esters is 1. The van der Waals surface area contributed by atoms with Crippen LogP contribution in [-0.2, 0) is 33.1 Å². The van der Waals surface area contributed by atoms with Crippen LogP contribution in [0, 0.1) is 0 Å². The van der Waals surface area contributed by atoms with Gasteiger partial charge in [-0.15, -0.1) is 0 Å². The number of carbonyl (C=O) groups is 2. The van der Waals surface area contributed by atoms with E-state index in [1.165, 1.54) is 6.21 Å². The molecule has 4 N–H and O–H groups in total. The fourth-order valence-corrected chi connectivity index (χ4v) is 4.47. The number of ether oxygens (including phenoxy) is 1. The number of aliphatic hydroxyl groups is 1. The van der Waals surface area contributed by atoms with Crippen LogP contribution in [-0.4, -0.2) is 38.8 Å². The summed E-state index contributed by atoms with van der Waals surface area (Å²) in [6.07, 6.45) is 1.59. The molecule has 0 saturated carbocycles. The third-order valence-corrected chi connectivity index (χ3v) is 6.42. The van der Waals surface area contributed by atoms with Gasteiger partial charge in [0.25, 0.3) is 11.5 Å². The first kappa shape index (κ1) is 21.9. The van der Waals surface area contributed by atoms with Crippen molar-refractivity contribution in [2.24, 2.45) is 10.8 Å². The molecule has 10 nitrogen and oxygen atoms in total. The lowest BCUT2D eigenvalue weighted by Gasteiger charge is -2.31. The van der Waals surface area contributed by atoms with Crippen LogP contribution >= 0.6 is 0 Å². The number of nitrogens with one attached hydrogen (secondary N) is 1. The third-order valence-electron chi connectivity index (χ3n) is 6.42. The Morgan fingerprint density at radius 1 is 1.38 bits per heavy atom. The predicted molar refractivity (Wildman–Crippen MR) is 124 cm³/mol. The number of hydrogen-bond donors (Lipinski definition) is 3. The lowest BCUT2D eigenvalue weighted by atomic mass is 9.86. The van der Waals surface area contributed by atoms with Gasteiger partial charge in [0, 0.05) is 22.1 Å². The van der Waals surface area contributed by atoms with E-state index in [1.807, 2.05) is 24.3 Å². The van der Waals surface area contributed by atoms with Crippen molar-refractivity contribution in [1.29, 1.82) is 0 Å². The number of benzene rings is 1. The van der Waals surface area contributed by atoms with E-state index < -0.39 is 23.5 Å². The normalized spacial score (nSPS) is 19.5. The van der Waals surface area contributed by atoms with E-state index in [0.717, 1.165) is 10.9 Å². The van der Waals surface area contributed by atoms with E-state index >= 15 is 0 Å². The Morgan fingerprint density at radius 2 is 2.15 bits per heavy atom. The summed E-state index contributed by atoms with van der Waals surface area (Å²) in [5.74, 6) is -1.20.